The number of benzene rings is 4. The molecular weight excluding hydrogens is 428 g/mol. The number of para-hydroxylation sites is 2. The lowest BCUT2D eigenvalue weighted by atomic mass is 9.85. The number of furan rings is 1. The molecule has 7 aromatic rings. The number of hydrogen-bond acceptors (Lipinski definition) is 2. The van der Waals surface area contributed by atoms with Crippen LogP contribution in [0.1, 0.15) is 16.7 Å². The number of pyridine rings is 1. The van der Waals surface area contributed by atoms with E-state index >= 15 is 0 Å². The first-order valence-corrected chi connectivity index (χ1v) is 11.7. The Morgan fingerprint density at radius 2 is 1.20 bits per heavy atom. The molecule has 4 aromatic carbocycles. The van der Waals surface area contributed by atoms with Crippen LogP contribution in [-0.2, 0) is 0 Å². The van der Waals surface area contributed by atoms with Crippen molar-refractivity contribution in [2.75, 3.05) is 0 Å². The maximum atomic E-state index is 6.31. The first-order valence-electron chi connectivity index (χ1n) is 11.7. The molecule has 0 aliphatic carbocycles. The summed E-state index contributed by atoms with van der Waals surface area (Å²) in [5.41, 5.74) is 8.68. The largest absolute Gasteiger partial charge is 0.454 e. The number of hydrogen-bond donors (Lipinski definition) is 0. The van der Waals surface area contributed by atoms with Crippen LogP contribution in [0.2, 0.25) is 0 Å². The van der Waals surface area contributed by atoms with E-state index < -0.39 is 0 Å². The van der Waals surface area contributed by atoms with E-state index in [0.717, 1.165) is 49.8 Å². The Morgan fingerprint density at radius 1 is 0.571 bits per heavy atom. The molecule has 3 heteroatoms. The van der Waals surface area contributed by atoms with Crippen LogP contribution >= 0.6 is 0 Å². The number of fused-ring (bicyclic) bond motifs is 5. The first-order chi connectivity index (χ1) is 17.4. The van der Waals surface area contributed by atoms with Crippen LogP contribution in [0.15, 0.2) is 132 Å². The molecule has 0 bridgehead atoms. The highest BCUT2D eigenvalue weighted by Gasteiger charge is 2.20. The Morgan fingerprint density at radius 3 is 2.00 bits per heavy atom. The molecule has 0 aliphatic rings. The van der Waals surface area contributed by atoms with Gasteiger partial charge in [0.05, 0.1) is 11.4 Å². The van der Waals surface area contributed by atoms with E-state index in [-0.39, 0.29) is 0 Å². The minimum absolute atomic E-state index is 0.908. The first kappa shape index (κ1) is 19.8. The smallest absolute Gasteiger partial charge is 0.161 e. The van der Waals surface area contributed by atoms with E-state index in [2.05, 4.69) is 113 Å². The fraction of sp³-hybridized carbons (Fsp3) is 0. The SMILES string of the molecule is c1ccc([C](c2ccncc2)c2ccc(-n3c4ccccc4c4oc5ccccc5c43)cc2)cc1. The molecule has 0 atom stereocenters. The van der Waals surface area contributed by atoms with Crippen LogP contribution in [0.25, 0.3) is 38.7 Å². The van der Waals surface area contributed by atoms with Gasteiger partial charge in [0, 0.05) is 28.9 Å². The van der Waals surface area contributed by atoms with E-state index in [1.807, 2.05) is 24.5 Å². The quantitative estimate of drug-likeness (QED) is 0.273. The lowest BCUT2D eigenvalue weighted by Crippen LogP contribution is -2.05. The van der Waals surface area contributed by atoms with Crippen LogP contribution < -0.4 is 0 Å². The Kier molecular flexibility index (Phi) is 4.52. The third kappa shape index (κ3) is 3.17. The highest BCUT2D eigenvalue weighted by atomic mass is 16.3. The highest BCUT2D eigenvalue weighted by Crippen LogP contribution is 2.39. The molecule has 7 rings (SSSR count). The van der Waals surface area contributed by atoms with Crippen molar-refractivity contribution >= 4 is 33.0 Å². The minimum atomic E-state index is 0.908. The average molecular weight is 450 g/mol. The van der Waals surface area contributed by atoms with Crippen molar-refractivity contribution in [1.29, 1.82) is 0 Å². The summed E-state index contributed by atoms with van der Waals surface area (Å²) in [6.07, 6.45) is 3.69. The van der Waals surface area contributed by atoms with Gasteiger partial charge in [-0.05, 0) is 65.2 Å². The van der Waals surface area contributed by atoms with E-state index in [1.54, 1.807) is 0 Å². The molecule has 0 N–H and O–H groups in total. The van der Waals surface area contributed by atoms with Gasteiger partial charge >= 0.3 is 0 Å². The Bertz CT molecular complexity index is 1730. The molecule has 35 heavy (non-hydrogen) atoms. The van der Waals surface area contributed by atoms with Crippen LogP contribution in [-0.4, -0.2) is 9.55 Å². The van der Waals surface area contributed by atoms with Gasteiger partial charge in [0.25, 0.3) is 0 Å². The zero-order valence-electron chi connectivity index (χ0n) is 18.9. The summed E-state index contributed by atoms with van der Waals surface area (Å²) in [5.74, 6) is 1.19. The molecule has 0 aliphatic heterocycles. The van der Waals surface area contributed by atoms with Gasteiger partial charge in [-0.15, -0.1) is 0 Å². The molecule has 0 saturated carbocycles. The molecule has 3 nitrogen and oxygen atoms in total. The summed E-state index contributed by atoms with van der Waals surface area (Å²) in [5, 5.41) is 2.24. The van der Waals surface area contributed by atoms with Crippen LogP contribution in [0, 0.1) is 5.92 Å². The molecule has 0 unspecified atom stereocenters. The Hall–Kier alpha value is -4.63. The summed E-state index contributed by atoms with van der Waals surface area (Å²) < 4.78 is 8.63. The van der Waals surface area contributed by atoms with Crippen molar-refractivity contribution in [2.45, 2.75) is 0 Å². The van der Waals surface area contributed by atoms with Crippen LogP contribution in [0.4, 0.5) is 0 Å². The summed E-state index contributed by atoms with van der Waals surface area (Å²) in [7, 11) is 0. The van der Waals surface area contributed by atoms with Gasteiger partial charge in [0.1, 0.15) is 11.1 Å². The average Bonchev–Trinajstić information content (AvgIpc) is 3.46. The predicted molar refractivity (Wildman–Crippen MR) is 142 cm³/mol. The molecule has 165 valence electrons. The molecule has 0 amide bonds. The maximum absolute atomic E-state index is 6.31. The zero-order valence-corrected chi connectivity index (χ0v) is 18.9. The second-order valence-electron chi connectivity index (χ2n) is 8.65. The maximum Gasteiger partial charge on any atom is 0.161 e. The lowest BCUT2D eigenvalue weighted by Gasteiger charge is -2.18. The van der Waals surface area contributed by atoms with E-state index in [1.165, 1.54) is 11.5 Å². The summed E-state index contributed by atoms with van der Waals surface area (Å²) >= 11 is 0. The van der Waals surface area contributed by atoms with Crippen molar-refractivity contribution in [1.82, 2.24) is 9.55 Å². The molecule has 3 aromatic heterocycles. The van der Waals surface area contributed by atoms with Gasteiger partial charge in [0.15, 0.2) is 5.58 Å². The monoisotopic (exact) mass is 449 g/mol. The molecule has 3 heterocycles. The van der Waals surface area contributed by atoms with E-state index in [4.69, 9.17) is 4.42 Å². The fourth-order valence-corrected chi connectivity index (χ4v) is 5.09. The van der Waals surface area contributed by atoms with Crippen LogP contribution in [0.5, 0.6) is 0 Å². The van der Waals surface area contributed by atoms with Gasteiger partial charge in [-0.1, -0.05) is 66.7 Å². The Balaban J connectivity index is 1.42. The molecule has 0 spiro atoms. The van der Waals surface area contributed by atoms with Crippen molar-refractivity contribution in [3.05, 3.63) is 150 Å². The van der Waals surface area contributed by atoms with Crippen molar-refractivity contribution in [3.63, 3.8) is 0 Å². The second-order valence-corrected chi connectivity index (χ2v) is 8.65. The molecule has 1 radical (unpaired) electrons. The lowest BCUT2D eigenvalue weighted by molar-refractivity contribution is 0.673. The summed E-state index contributed by atoms with van der Waals surface area (Å²) in [4.78, 5) is 4.22. The zero-order chi connectivity index (χ0) is 23.2. The topological polar surface area (TPSA) is 31.0 Å². The second kappa shape index (κ2) is 8.00. The van der Waals surface area contributed by atoms with Gasteiger partial charge < -0.3 is 8.98 Å². The summed E-state index contributed by atoms with van der Waals surface area (Å²) in [6, 6.07) is 40.2. The minimum Gasteiger partial charge on any atom is -0.454 e. The predicted octanol–water partition coefficient (Wildman–Crippen LogP) is 7.94. The normalized spacial score (nSPS) is 11.7. The Labute approximate surface area is 202 Å². The number of rotatable bonds is 4. The number of nitrogens with zero attached hydrogens (tertiary/aromatic N) is 2. The van der Waals surface area contributed by atoms with E-state index in [9.17, 15) is 0 Å². The standard InChI is InChI=1S/C32H21N2O/c1-2-8-22(9-3-1)30(24-18-20-33-21-19-24)23-14-16-25(17-15-23)34-28-12-6-4-10-26(28)32-31(34)27-11-5-7-13-29(27)35-32/h1-21H. The summed E-state index contributed by atoms with van der Waals surface area (Å²) in [6.45, 7) is 0. The van der Waals surface area contributed by atoms with Crippen LogP contribution in [0.3, 0.4) is 0 Å². The molecular formula is C32H21N2O. The molecule has 0 saturated heterocycles. The van der Waals surface area contributed by atoms with Gasteiger partial charge in [-0.3, -0.25) is 4.98 Å². The van der Waals surface area contributed by atoms with Gasteiger partial charge in [0.2, 0.25) is 0 Å². The molecule has 0 fully saturated rings. The van der Waals surface area contributed by atoms with Crippen molar-refractivity contribution in [2.24, 2.45) is 0 Å². The van der Waals surface area contributed by atoms with Gasteiger partial charge in [-0.25, -0.2) is 0 Å². The third-order valence-electron chi connectivity index (χ3n) is 6.63. The van der Waals surface area contributed by atoms with E-state index in [0.29, 0.717) is 0 Å². The van der Waals surface area contributed by atoms with Gasteiger partial charge in [-0.2, -0.15) is 0 Å². The third-order valence-corrected chi connectivity index (χ3v) is 6.63. The van der Waals surface area contributed by atoms with Crippen molar-refractivity contribution in [3.8, 4) is 5.69 Å². The van der Waals surface area contributed by atoms with Crippen molar-refractivity contribution < 1.29 is 4.42 Å². The fourth-order valence-electron chi connectivity index (χ4n) is 5.09. The number of aromatic nitrogens is 2. The highest BCUT2D eigenvalue weighted by molar-refractivity contribution is 6.16.